The highest BCUT2D eigenvalue weighted by molar-refractivity contribution is 9.10. The number of rotatable bonds is 5. The third kappa shape index (κ3) is 4.20. The predicted molar refractivity (Wildman–Crippen MR) is 96.9 cm³/mol. The van der Waals surface area contributed by atoms with E-state index in [1.165, 1.54) is 11.3 Å². The molecule has 0 aliphatic rings. The fraction of sp³-hybridized carbons (Fsp3) is 0.294. The molecule has 0 fully saturated rings. The second-order valence-corrected chi connectivity index (χ2v) is 7.08. The number of benzene rings is 1. The lowest BCUT2D eigenvalue weighted by Crippen LogP contribution is -2.30. The molecule has 0 radical (unpaired) electrons. The second-order valence-electron chi connectivity index (χ2n) is 5.31. The molecule has 1 heterocycles. The Morgan fingerprint density at radius 1 is 1.09 bits per heavy atom. The maximum Gasteiger partial charge on any atom is 0.265 e. The van der Waals surface area contributed by atoms with Crippen LogP contribution in [0, 0.1) is 0 Å². The first-order valence-electron chi connectivity index (χ1n) is 7.27. The van der Waals surface area contributed by atoms with E-state index in [0.717, 1.165) is 10.0 Å². The molecule has 1 aromatic heterocycles. The molecule has 2 rings (SSSR count). The molecule has 23 heavy (non-hydrogen) atoms. The van der Waals surface area contributed by atoms with Gasteiger partial charge in [-0.3, -0.25) is 9.59 Å². The van der Waals surface area contributed by atoms with Gasteiger partial charge in [-0.05, 0) is 52.0 Å². The van der Waals surface area contributed by atoms with Crippen molar-refractivity contribution in [3.63, 3.8) is 0 Å². The van der Waals surface area contributed by atoms with Crippen LogP contribution in [0.25, 0.3) is 0 Å². The average molecular weight is 395 g/mol. The standard InChI is InChI=1S/C17H19BrN2O2S/c1-4-20(17(22)15-14(18)9-10-23-15)11-12-5-7-13(8-6-12)16(21)19(2)3/h5-10H,4,11H2,1-3H3. The van der Waals surface area contributed by atoms with E-state index in [1.807, 2.05) is 30.5 Å². The maximum atomic E-state index is 12.6. The van der Waals surface area contributed by atoms with Crippen molar-refractivity contribution in [1.29, 1.82) is 0 Å². The fourth-order valence-corrected chi connectivity index (χ4v) is 3.66. The van der Waals surface area contributed by atoms with E-state index in [1.54, 1.807) is 36.0 Å². The summed E-state index contributed by atoms with van der Waals surface area (Å²) in [5, 5.41) is 1.90. The maximum absolute atomic E-state index is 12.6. The Morgan fingerprint density at radius 2 is 1.74 bits per heavy atom. The van der Waals surface area contributed by atoms with Crippen LogP contribution in [0.15, 0.2) is 40.2 Å². The van der Waals surface area contributed by atoms with E-state index in [9.17, 15) is 9.59 Å². The summed E-state index contributed by atoms with van der Waals surface area (Å²) >= 11 is 4.84. The van der Waals surface area contributed by atoms with Crippen molar-refractivity contribution in [3.8, 4) is 0 Å². The highest BCUT2D eigenvalue weighted by Gasteiger charge is 2.18. The monoisotopic (exact) mass is 394 g/mol. The number of thiophene rings is 1. The Labute approximate surface area is 148 Å². The van der Waals surface area contributed by atoms with Crippen LogP contribution in [0.5, 0.6) is 0 Å². The Bertz CT molecular complexity index is 695. The minimum absolute atomic E-state index is 0.0165. The summed E-state index contributed by atoms with van der Waals surface area (Å²) < 4.78 is 0.831. The third-order valence-electron chi connectivity index (χ3n) is 3.46. The first-order valence-corrected chi connectivity index (χ1v) is 8.94. The van der Waals surface area contributed by atoms with Crippen molar-refractivity contribution in [2.75, 3.05) is 20.6 Å². The molecule has 1 aromatic carbocycles. The summed E-state index contributed by atoms with van der Waals surface area (Å²) in [4.78, 5) is 28.5. The fourth-order valence-electron chi connectivity index (χ4n) is 2.15. The third-order valence-corrected chi connectivity index (χ3v) is 5.29. The SMILES string of the molecule is CCN(Cc1ccc(C(=O)N(C)C)cc1)C(=O)c1sccc1Br. The molecule has 4 nitrogen and oxygen atoms in total. The summed E-state index contributed by atoms with van der Waals surface area (Å²) in [6, 6.07) is 9.29. The van der Waals surface area contributed by atoms with Crippen molar-refractivity contribution in [2.45, 2.75) is 13.5 Å². The molecule has 0 bridgehead atoms. The summed E-state index contributed by atoms with van der Waals surface area (Å²) in [5.74, 6) is -0.00897. The molecule has 0 aliphatic carbocycles. The lowest BCUT2D eigenvalue weighted by Gasteiger charge is -2.21. The summed E-state index contributed by atoms with van der Waals surface area (Å²) in [6.45, 7) is 3.11. The van der Waals surface area contributed by atoms with Gasteiger partial charge in [-0.25, -0.2) is 0 Å². The van der Waals surface area contributed by atoms with Crippen molar-refractivity contribution < 1.29 is 9.59 Å². The zero-order chi connectivity index (χ0) is 17.0. The lowest BCUT2D eigenvalue weighted by molar-refractivity contribution is 0.0755. The van der Waals surface area contributed by atoms with Gasteiger partial charge in [-0.2, -0.15) is 0 Å². The minimum atomic E-state index is -0.0255. The van der Waals surface area contributed by atoms with Crippen LogP contribution in [0.4, 0.5) is 0 Å². The van der Waals surface area contributed by atoms with Gasteiger partial charge in [-0.1, -0.05) is 12.1 Å². The molecule has 122 valence electrons. The molecule has 0 unspecified atom stereocenters. The van der Waals surface area contributed by atoms with Crippen LogP contribution in [0.1, 0.15) is 32.5 Å². The van der Waals surface area contributed by atoms with Gasteiger partial charge < -0.3 is 9.80 Å². The topological polar surface area (TPSA) is 40.6 Å². The smallest absolute Gasteiger partial charge is 0.265 e. The predicted octanol–water partition coefficient (Wildman–Crippen LogP) is 3.87. The number of halogens is 1. The number of nitrogens with zero attached hydrogens (tertiary/aromatic N) is 2. The Morgan fingerprint density at radius 3 is 2.22 bits per heavy atom. The molecule has 0 atom stereocenters. The Hall–Kier alpha value is -1.66. The normalized spacial score (nSPS) is 10.4. The lowest BCUT2D eigenvalue weighted by atomic mass is 10.1. The van der Waals surface area contributed by atoms with Gasteiger partial charge >= 0.3 is 0 Å². The van der Waals surface area contributed by atoms with Gasteiger partial charge in [0.2, 0.25) is 0 Å². The highest BCUT2D eigenvalue weighted by Crippen LogP contribution is 2.24. The molecular formula is C17H19BrN2O2S. The van der Waals surface area contributed by atoms with Crippen LogP contribution >= 0.6 is 27.3 Å². The zero-order valence-electron chi connectivity index (χ0n) is 13.4. The number of hydrogen-bond acceptors (Lipinski definition) is 3. The van der Waals surface area contributed by atoms with E-state index < -0.39 is 0 Å². The van der Waals surface area contributed by atoms with Gasteiger partial charge in [-0.15, -0.1) is 11.3 Å². The van der Waals surface area contributed by atoms with Crippen LogP contribution in [0.2, 0.25) is 0 Å². The van der Waals surface area contributed by atoms with Crippen molar-refractivity contribution in [1.82, 2.24) is 9.80 Å². The van der Waals surface area contributed by atoms with Crippen LogP contribution < -0.4 is 0 Å². The molecule has 6 heteroatoms. The minimum Gasteiger partial charge on any atom is -0.345 e. The summed E-state index contributed by atoms with van der Waals surface area (Å²) in [6.07, 6.45) is 0. The molecule has 2 amide bonds. The number of carbonyl (C=O) groups excluding carboxylic acids is 2. The molecule has 0 aliphatic heterocycles. The quantitative estimate of drug-likeness (QED) is 0.771. The van der Waals surface area contributed by atoms with Gasteiger partial charge in [0.1, 0.15) is 4.88 Å². The average Bonchev–Trinajstić information content (AvgIpc) is 2.97. The first-order chi connectivity index (χ1) is 10.9. The Balaban J connectivity index is 2.12. The van der Waals surface area contributed by atoms with E-state index in [-0.39, 0.29) is 11.8 Å². The van der Waals surface area contributed by atoms with Crippen molar-refractivity contribution in [2.24, 2.45) is 0 Å². The largest absolute Gasteiger partial charge is 0.345 e. The number of amides is 2. The van der Waals surface area contributed by atoms with E-state index in [4.69, 9.17) is 0 Å². The highest BCUT2D eigenvalue weighted by atomic mass is 79.9. The summed E-state index contributed by atoms with van der Waals surface area (Å²) in [7, 11) is 3.46. The van der Waals surface area contributed by atoms with E-state index in [2.05, 4.69) is 15.9 Å². The van der Waals surface area contributed by atoms with Crippen LogP contribution in [-0.4, -0.2) is 42.3 Å². The van der Waals surface area contributed by atoms with Crippen molar-refractivity contribution in [3.05, 3.63) is 56.2 Å². The number of carbonyl (C=O) groups is 2. The van der Waals surface area contributed by atoms with Crippen molar-refractivity contribution >= 4 is 39.1 Å². The molecular weight excluding hydrogens is 376 g/mol. The van der Waals surface area contributed by atoms with Gasteiger partial charge in [0.15, 0.2) is 0 Å². The van der Waals surface area contributed by atoms with E-state index >= 15 is 0 Å². The molecule has 0 spiro atoms. The molecule has 0 saturated heterocycles. The Kier molecular flexibility index (Phi) is 5.96. The van der Waals surface area contributed by atoms with Gasteiger partial charge in [0.25, 0.3) is 11.8 Å². The van der Waals surface area contributed by atoms with E-state index in [0.29, 0.717) is 23.5 Å². The molecule has 2 aromatic rings. The second kappa shape index (κ2) is 7.75. The molecule has 0 saturated carbocycles. The molecule has 0 N–H and O–H groups in total. The summed E-state index contributed by atoms with van der Waals surface area (Å²) in [5.41, 5.74) is 1.65. The van der Waals surface area contributed by atoms with Gasteiger partial charge in [0, 0.05) is 37.2 Å². The van der Waals surface area contributed by atoms with Gasteiger partial charge in [0.05, 0.1) is 0 Å². The van der Waals surface area contributed by atoms with Crippen LogP contribution in [-0.2, 0) is 6.54 Å². The van der Waals surface area contributed by atoms with Crippen LogP contribution in [0.3, 0.4) is 0 Å². The first kappa shape index (κ1) is 17.7. The zero-order valence-corrected chi connectivity index (χ0v) is 15.8. The number of hydrogen-bond donors (Lipinski definition) is 0.